The quantitative estimate of drug-likeness (QED) is 0.0250. The van der Waals surface area contributed by atoms with E-state index in [1.807, 2.05) is 20.8 Å². The Morgan fingerprint density at radius 2 is 0.472 bits per heavy atom. The summed E-state index contributed by atoms with van der Waals surface area (Å²) in [7, 11) is -3.78. The van der Waals surface area contributed by atoms with Crippen LogP contribution < -0.4 is 0 Å². The zero-order valence-electron chi connectivity index (χ0n) is 79.0. The minimum Gasteiger partial charge on any atom is -0.427 e. The van der Waals surface area contributed by atoms with Crippen LogP contribution in [-0.4, -0.2) is 136 Å². The van der Waals surface area contributed by atoms with E-state index in [2.05, 4.69) is 210 Å². The fourth-order valence-corrected chi connectivity index (χ4v) is 7.31. The topological polar surface area (TPSA) is 111 Å². The van der Waals surface area contributed by atoms with E-state index in [9.17, 15) is 0 Å². The molecule has 0 aliphatic carbocycles. The van der Waals surface area contributed by atoms with Crippen molar-refractivity contribution in [2.75, 3.05) is 119 Å². The van der Waals surface area contributed by atoms with Crippen LogP contribution >= 0.6 is 0 Å². The van der Waals surface area contributed by atoms with Gasteiger partial charge in [-0.2, -0.15) is 80.1 Å². The predicted octanol–water partition coefficient (Wildman–Crippen LogP) is 24.0. The van der Waals surface area contributed by atoms with Crippen molar-refractivity contribution >= 4 is 17.1 Å². The normalized spacial score (nSPS) is 10.2. The Hall–Kier alpha value is 7.43. The van der Waals surface area contributed by atoms with Crippen molar-refractivity contribution in [3.05, 3.63) is 166 Å². The van der Waals surface area contributed by atoms with Crippen LogP contribution in [-0.2, 0) is 289 Å². The van der Waals surface area contributed by atoms with Crippen LogP contribution in [0.5, 0.6) is 0 Å². The molecule has 0 spiro atoms. The molecule has 12 nitrogen and oxygen atoms in total. The molecule has 108 heavy (non-hydrogen) atoms. The van der Waals surface area contributed by atoms with Crippen molar-refractivity contribution in [3.8, 4) is 0 Å². The van der Waals surface area contributed by atoms with Gasteiger partial charge in [0.2, 0.25) is 0 Å². The van der Waals surface area contributed by atoms with Gasteiger partial charge in [-0.05, 0) is 26.2 Å². The molecule has 0 aromatic carbocycles. The zero-order chi connectivity index (χ0) is 72.4. The molecule has 0 bridgehead atoms. The maximum atomic E-state index is 5.80. The molecule has 0 rings (SSSR count). The molecular formula is C82H180O12Si2Zn12. The van der Waals surface area contributed by atoms with E-state index in [4.69, 9.17) is 55.6 Å². The Kier molecular flexibility index (Phi) is 387. The van der Waals surface area contributed by atoms with E-state index in [0.717, 1.165) is 97.4 Å². The Morgan fingerprint density at radius 1 is 0.259 bits per heavy atom. The molecule has 0 aliphatic heterocycles. The second-order valence-corrected chi connectivity index (χ2v) is 27.3. The molecule has 0 aliphatic rings. The number of ether oxygens (including phenoxy) is 8. The van der Waals surface area contributed by atoms with Gasteiger partial charge in [0, 0.05) is 39.6 Å². The van der Waals surface area contributed by atoms with Gasteiger partial charge in [0.15, 0.2) is 0 Å². The minimum atomic E-state index is -1.90. The fraction of sp³-hybridized carbons (Fsp3) is 0.707. The smallest absolute Gasteiger partial charge is 0.427 e. The van der Waals surface area contributed by atoms with Crippen LogP contribution in [0.15, 0.2) is 0 Å². The first kappa shape index (κ1) is 207. The van der Waals surface area contributed by atoms with Crippen molar-refractivity contribution in [1.82, 2.24) is 0 Å². The molecule has 0 saturated heterocycles. The summed E-state index contributed by atoms with van der Waals surface area (Å²) in [4.78, 5) is 0. The summed E-state index contributed by atoms with van der Waals surface area (Å²) < 4.78 is 64.9. The van der Waals surface area contributed by atoms with Crippen LogP contribution in [0.4, 0.5) is 0 Å². The second-order valence-electron chi connectivity index (χ2n) is 20.5. The third-order valence-corrected chi connectivity index (χ3v) is 13.5. The van der Waals surface area contributed by atoms with Gasteiger partial charge in [-0.15, -0.1) is 35.5 Å². The summed E-state index contributed by atoms with van der Waals surface area (Å²) in [5, 5.41) is 0. The summed E-state index contributed by atoms with van der Waals surface area (Å²) in [6, 6.07) is 0. The summed E-state index contributed by atoms with van der Waals surface area (Å²) in [6.45, 7) is 99.0. The Bertz CT molecular complexity index is 1090. The molecule has 0 radical (unpaired) electrons. The first-order valence-electron chi connectivity index (χ1n) is 34.5. The van der Waals surface area contributed by atoms with Crippen LogP contribution in [0.25, 0.3) is 0 Å². The average molecular weight is 2200 g/mol. The van der Waals surface area contributed by atoms with Crippen LogP contribution in [0.2, 0.25) is 26.2 Å². The first-order valence-corrected chi connectivity index (χ1v) is 40.1. The Morgan fingerprint density at radius 3 is 0.769 bits per heavy atom. The van der Waals surface area contributed by atoms with E-state index in [0.29, 0.717) is 115 Å². The molecule has 0 heterocycles. The molecule has 0 N–H and O–H groups in total. The largest absolute Gasteiger partial charge is 2.00 e. The molecule has 0 fully saturated rings. The van der Waals surface area contributed by atoms with Gasteiger partial charge in [0.05, 0.1) is 26.4 Å². The predicted molar refractivity (Wildman–Crippen MR) is 443 cm³/mol. The third-order valence-electron chi connectivity index (χ3n) is 10.1. The minimum absolute atomic E-state index is 0. The van der Waals surface area contributed by atoms with E-state index < -0.39 is 17.1 Å². The van der Waals surface area contributed by atoms with E-state index >= 15 is 0 Å². The van der Waals surface area contributed by atoms with E-state index in [1.165, 1.54) is 19.3 Å². The van der Waals surface area contributed by atoms with Gasteiger partial charge in [-0.1, -0.05) is 161 Å². The molecule has 6 unspecified atom stereocenters. The van der Waals surface area contributed by atoms with Crippen molar-refractivity contribution in [1.29, 1.82) is 0 Å². The van der Waals surface area contributed by atoms with Crippen molar-refractivity contribution in [3.63, 3.8) is 0 Å². The van der Waals surface area contributed by atoms with Crippen molar-refractivity contribution < 1.29 is 289 Å². The summed E-state index contributed by atoms with van der Waals surface area (Å²) in [6.07, 6.45) is 26.1. The Balaban J connectivity index is -0.0000000227. The van der Waals surface area contributed by atoms with Crippen LogP contribution in [0.1, 0.15) is 202 Å². The van der Waals surface area contributed by atoms with Gasteiger partial charge in [0.25, 0.3) is 0 Å². The zero-order valence-corrected chi connectivity index (χ0v) is 117. The van der Waals surface area contributed by atoms with Crippen molar-refractivity contribution in [2.24, 2.45) is 35.5 Å². The van der Waals surface area contributed by atoms with E-state index in [-0.39, 0.29) is 278 Å². The summed E-state index contributed by atoms with van der Waals surface area (Å²) in [5.74, 6) is 2.25. The van der Waals surface area contributed by atoms with Gasteiger partial charge < -0.3 is 222 Å². The molecule has 0 amide bonds. The molecule has 6 atom stereocenters. The molecule has 0 aromatic heterocycles. The molecule has 0 saturated carbocycles. The van der Waals surface area contributed by atoms with Gasteiger partial charge in [-0.3, -0.25) is 0 Å². The monoisotopic (exact) mass is 2180 g/mol. The molecule has 26 heteroatoms. The second kappa shape index (κ2) is 202. The number of hydrogen-bond donors (Lipinski definition) is 0. The molecule has 612 valence electrons. The maximum Gasteiger partial charge on any atom is 2.00 e. The van der Waals surface area contributed by atoms with Crippen LogP contribution in [0.3, 0.4) is 0 Å². The van der Waals surface area contributed by atoms with Gasteiger partial charge >= 0.3 is 251 Å². The third kappa shape index (κ3) is 259. The summed E-state index contributed by atoms with van der Waals surface area (Å²) in [5.41, 5.74) is 0. The van der Waals surface area contributed by atoms with Crippen LogP contribution in [0, 0.1) is 202 Å². The van der Waals surface area contributed by atoms with E-state index in [1.54, 1.807) is 41.5 Å². The first-order chi connectivity index (χ1) is 43.1. The number of rotatable bonds is 50. The SMILES string of the molecule is [CH2-]C.[CH2-]C.[CH2-]C.[CH2-]C.[CH2-]C.[CH2-]C.[CH2-]C(C)COCCOC[CH-]CC.[CH2-]C(C)COCOC[CH-]CC.[CH2-]C(C)CO[Si](C)(C)OC[CH-]CC.[CH2-]C(CC)COCCOC[CH-]CCC.[CH2-]C(CC)COCOC[CH-]CCC.[CH2-]C(CC)CO[Si](C)(C)OC[CH-]CCC.[CH3-].[CH3-].[CH3-].[CH3-].[CH3-].[CH3-].[Zn+2].[Zn+2].[Zn+2].[Zn+2].[Zn+2].[Zn+2].[Zn+2].[Zn+2].[Zn+2].[Zn+2].[Zn+2].[Zn+2]. The maximum absolute atomic E-state index is 5.80. The van der Waals surface area contributed by atoms with Gasteiger partial charge in [0.1, 0.15) is 13.6 Å². The Labute approximate surface area is 845 Å². The fourth-order valence-electron chi connectivity index (χ4n) is 4.78. The molecule has 0 aromatic rings. The number of unbranched alkanes of at least 4 members (excludes halogenated alkanes) is 9. The van der Waals surface area contributed by atoms with Crippen molar-refractivity contribution in [2.45, 2.75) is 228 Å². The molecular weight excluding hydrogens is 2020 g/mol. The number of hydrogen-bond acceptors (Lipinski definition) is 12. The van der Waals surface area contributed by atoms with Gasteiger partial charge in [-0.25, -0.2) is 0 Å². The standard InChI is InChI=1S/C12H26O2Si.C12H24O2.C11H22O2.C10H22O2Si.C10H20O2.C9H18O2.6C2H5.6CH3.12Zn/c1-6-8-9-10-13-15(4,5)14-11-12(3)7-2;1-4-6-7-8-13-9-10-14-11-12(3)5-2;1-4-6-7-8-12-10-13-9-11(3)5-2;1-6-7-8-11-13(4,5)12-9-10(2)3;1-4-5-6-11-7-8-12-9-10(2)3;1-4-5-6-10-8-11-7-9(2)3;6*1-2;;;;;;;;;;;;;;;;;;/h9,12H,3,6-8,10-11H2,1-2,4-5H3;7,12H,3-6,8-11H2,1-2H3;7,11H,3-6,8-10H2,1-2H3;7,10H,2,6,8-9H2,1,3-5H3;5,10H,2,4,6-9H2,1,3H3;5,9H,2,4,6-8H2,1,3H3;6*1H2,2H3;6*1H3;;;;;;;;;;;;/q6*-2;12*-1;12*+2. The summed E-state index contributed by atoms with van der Waals surface area (Å²) >= 11 is 0. The average Bonchev–Trinajstić information content (AvgIpc) is 0.944.